The number of benzene rings is 1. The van der Waals surface area contributed by atoms with Gasteiger partial charge in [-0.2, -0.15) is 0 Å². The first-order valence-corrected chi connectivity index (χ1v) is 6.27. The summed E-state index contributed by atoms with van der Waals surface area (Å²) in [6, 6.07) is 6.12. The maximum atomic E-state index is 11.3. The van der Waals surface area contributed by atoms with Crippen molar-refractivity contribution in [2.24, 2.45) is 5.73 Å². The fraction of sp³-hybridized carbons (Fsp3) is 0.500. The van der Waals surface area contributed by atoms with E-state index in [0.29, 0.717) is 13.0 Å². The van der Waals surface area contributed by atoms with E-state index in [0.717, 1.165) is 18.7 Å². The number of carboxylic acid groups (broad SMARTS) is 1. The van der Waals surface area contributed by atoms with Crippen LogP contribution in [-0.2, 0) is 4.79 Å². The molecule has 18 heavy (non-hydrogen) atoms. The summed E-state index contributed by atoms with van der Waals surface area (Å²) >= 11 is 0. The van der Waals surface area contributed by atoms with Gasteiger partial charge in [-0.1, -0.05) is 18.2 Å². The molecule has 1 unspecified atom stereocenters. The third-order valence-corrected chi connectivity index (χ3v) is 3.71. The van der Waals surface area contributed by atoms with Crippen LogP contribution in [-0.4, -0.2) is 29.7 Å². The molecule has 0 saturated carbocycles. The molecule has 1 aromatic carbocycles. The van der Waals surface area contributed by atoms with Gasteiger partial charge >= 0.3 is 5.97 Å². The van der Waals surface area contributed by atoms with Crippen LogP contribution in [0.2, 0.25) is 0 Å². The van der Waals surface area contributed by atoms with Gasteiger partial charge in [-0.15, -0.1) is 0 Å². The maximum Gasteiger partial charge on any atom is 0.325 e. The predicted molar refractivity (Wildman–Crippen MR) is 71.9 cm³/mol. The zero-order valence-corrected chi connectivity index (χ0v) is 10.9. The minimum absolute atomic E-state index is 0.383. The number of aryl methyl sites for hydroxylation is 2. The van der Waals surface area contributed by atoms with E-state index in [-0.39, 0.29) is 0 Å². The van der Waals surface area contributed by atoms with Crippen LogP contribution < -0.4 is 10.6 Å². The summed E-state index contributed by atoms with van der Waals surface area (Å²) < 4.78 is 0. The van der Waals surface area contributed by atoms with Gasteiger partial charge in [-0.3, -0.25) is 4.79 Å². The molecule has 0 aliphatic carbocycles. The van der Waals surface area contributed by atoms with Crippen molar-refractivity contribution >= 4 is 11.7 Å². The topological polar surface area (TPSA) is 66.6 Å². The Hall–Kier alpha value is -1.55. The molecule has 0 radical (unpaired) electrons. The Kier molecular flexibility index (Phi) is 3.30. The third-order valence-electron chi connectivity index (χ3n) is 3.71. The summed E-state index contributed by atoms with van der Waals surface area (Å²) in [6.07, 6.45) is 1.36. The number of aliphatic carboxylic acids is 1. The molecule has 1 heterocycles. The van der Waals surface area contributed by atoms with Gasteiger partial charge < -0.3 is 15.7 Å². The van der Waals surface area contributed by atoms with E-state index in [1.807, 2.05) is 6.07 Å². The van der Waals surface area contributed by atoms with E-state index in [1.165, 1.54) is 11.1 Å². The number of hydrogen-bond donors (Lipinski definition) is 2. The highest BCUT2D eigenvalue weighted by atomic mass is 16.4. The maximum absolute atomic E-state index is 11.3. The average Bonchev–Trinajstić information content (AvgIpc) is 2.28. The van der Waals surface area contributed by atoms with Crippen molar-refractivity contribution in [2.45, 2.75) is 32.2 Å². The lowest BCUT2D eigenvalue weighted by Gasteiger charge is -2.39. The second-order valence-electron chi connectivity index (χ2n) is 5.23. The first-order chi connectivity index (χ1) is 8.44. The smallest absolute Gasteiger partial charge is 0.325 e. The normalized spacial score (nSPS) is 24.1. The lowest BCUT2D eigenvalue weighted by Crippen LogP contribution is -2.59. The molecule has 3 N–H and O–H groups in total. The molecule has 1 saturated heterocycles. The molecule has 4 nitrogen and oxygen atoms in total. The third kappa shape index (κ3) is 2.20. The number of nitrogens with two attached hydrogens (primary N) is 1. The summed E-state index contributed by atoms with van der Waals surface area (Å²) in [6.45, 7) is 5.36. The highest BCUT2D eigenvalue weighted by Crippen LogP contribution is 2.30. The molecule has 0 spiro atoms. The van der Waals surface area contributed by atoms with Crippen LogP contribution in [0.1, 0.15) is 24.0 Å². The van der Waals surface area contributed by atoms with Crippen LogP contribution in [0.15, 0.2) is 18.2 Å². The molecule has 2 rings (SSSR count). The average molecular weight is 248 g/mol. The number of para-hydroxylation sites is 1. The van der Waals surface area contributed by atoms with Crippen LogP contribution in [0, 0.1) is 13.8 Å². The fourth-order valence-corrected chi connectivity index (χ4v) is 2.75. The Bertz CT molecular complexity index is 453. The molecule has 1 aromatic rings. The lowest BCUT2D eigenvalue weighted by atomic mass is 9.89. The zero-order valence-electron chi connectivity index (χ0n) is 10.9. The Morgan fingerprint density at radius 2 is 2.00 bits per heavy atom. The monoisotopic (exact) mass is 248 g/mol. The van der Waals surface area contributed by atoms with Crippen LogP contribution in [0.5, 0.6) is 0 Å². The Morgan fingerprint density at radius 1 is 1.39 bits per heavy atom. The number of anilines is 1. The van der Waals surface area contributed by atoms with E-state index >= 15 is 0 Å². The Balaban J connectivity index is 2.32. The molecular formula is C14H20N2O2. The summed E-state index contributed by atoms with van der Waals surface area (Å²) in [5.74, 6) is -0.904. The van der Waals surface area contributed by atoms with Crippen molar-refractivity contribution in [3.8, 4) is 0 Å². The minimum Gasteiger partial charge on any atom is -0.480 e. The van der Waals surface area contributed by atoms with Crippen molar-refractivity contribution in [1.29, 1.82) is 0 Å². The van der Waals surface area contributed by atoms with Crippen LogP contribution in [0.25, 0.3) is 0 Å². The van der Waals surface area contributed by atoms with E-state index in [9.17, 15) is 9.90 Å². The van der Waals surface area contributed by atoms with Gasteiger partial charge in [0.1, 0.15) is 5.54 Å². The molecule has 1 aliphatic rings. The molecule has 1 fully saturated rings. The minimum atomic E-state index is -1.12. The van der Waals surface area contributed by atoms with E-state index in [4.69, 9.17) is 5.73 Å². The molecule has 98 valence electrons. The van der Waals surface area contributed by atoms with E-state index in [1.54, 1.807) is 0 Å². The number of nitrogens with zero attached hydrogens (tertiary/aromatic N) is 1. The first-order valence-electron chi connectivity index (χ1n) is 6.27. The zero-order chi connectivity index (χ0) is 13.3. The van der Waals surface area contributed by atoms with E-state index in [2.05, 4.69) is 30.9 Å². The van der Waals surface area contributed by atoms with Gasteiger partial charge in [0.2, 0.25) is 0 Å². The fourth-order valence-electron chi connectivity index (χ4n) is 2.75. The number of piperidine rings is 1. The van der Waals surface area contributed by atoms with Crippen molar-refractivity contribution in [1.82, 2.24) is 0 Å². The molecule has 1 atom stereocenters. The van der Waals surface area contributed by atoms with Gasteiger partial charge in [-0.25, -0.2) is 0 Å². The Labute approximate surface area is 107 Å². The molecular weight excluding hydrogens is 228 g/mol. The molecule has 4 heteroatoms. The van der Waals surface area contributed by atoms with Gasteiger partial charge in [0.15, 0.2) is 0 Å². The van der Waals surface area contributed by atoms with Gasteiger partial charge in [0.25, 0.3) is 0 Å². The number of carboxylic acids is 1. The van der Waals surface area contributed by atoms with Crippen molar-refractivity contribution in [2.75, 3.05) is 18.0 Å². The van der Waals surface area contributed by atoms with Crippen LogP contribution >= 0.6 is 0 Å². The number of carbonyl (C=O) groups is 1. The highest BCUT2D eigenvalue weighted by molar-refractivity contribution is 5.80. The summed E-state index contributed by atoms with van der Waals surface area (Å²) in [7, 11) is 0. The lowest BCUT2D eigenvalue weighted by molar-refractivity contribution is -0.143. The second-order valence-corrected chi connectivity index (χ2v) is 5.23. The molecule has 0 bridgehead atoms. The van der Waals surface area contributed by atoms with E-state index < -0.39 is 11.5 Å². The number of rotatable bonds is 2. The quantitative estimate of drug-likeness (QED) is 0.835. The summed E-state index contributed by atoms with van der Waals surface area (Å²) in [5, 5.41) is 9.25. The number of hydrogen-bond acceptors (Lipinski definition) is 3. The molecule has 1 aliphatic heterocycles. The van der Waals surface area contributed by atoms with Crippen LogP contribution in [0.4, 0.5) is 5.69 Å². The molecule has 0 aromatic heterocycles. The standard InChI is InChI=1S/C14H20N2O2/c1-10-5-3-6-11(2)12(10)16-8-4-7-14(15,9-16)13(17)18/h3,5-6H,4,7-9,15H2,1-2H3,(H,17,18). The van der Waals surface area contributed by atoms with Gasteiger partial charge in [0.05, 0.1) is 0 Å². The van der Waals surface area contributed by atoms with Crippen molar-refractivity contribution in [3.63, 3.8) is 0 Å². The van der Waals surface area contributed by atoms with Crippen molar-refractivity contribution < 1.29 is 9.90 Å². The first kappa shape index (κ1) is 12.9. The summed E-state index contributed by atoms with van der Waals surface area (Å²) in [4.78, 5) is 13.4. The largest absolute Gasteiger partial charge is 0.480 e. The summed E-state index contributed by atoms with van der Waals surface area (Å²) in [5.41, 5.74) is 8.35. The van der Waals surface area contributed by atoms with Gasteiger partial charge in [0, 0.05) is 18.8 Å². The second kappa shape index (κ2) is 4.61. The van der Waals surface area contributed by atoms with Crippen LogP contribution in [0.3, 0.4) is 0 Å². The Morgan fingerprint density at radius 3 is 2.56 bits per heavy atom. The van der Waals surface area contributed by atoms with Gasteiger partial charge in [-0.05, 0) is 37.8 Å². The SMILES string of the molecule is Cc1cccc(C)c1N1CCCC(N)(C(=O)O)C1. The van der Waals surface area contributed by atoms with Crippen molar-refractivity contribution in [3.05, 3.63) is 29.3 Å². The predicted octanol–water partition coefficient (Wildman–Crippen LogP) is 1.69. The molecule has 0 amide bonds. The highest BCUT2D eigenvalue weighted by Gasteiger charge is 2.39.